The smallest absolute Gasteiger partial charge is 0.434 e. The normalized spacial score (nSPS) is 16.1. The Hall–Kier alpha value is -3.90. The zero-order chi connectivity index (χ0) is 33.2. The Morgan fingerprint density at radius 1 is 1.00 bits per heavy atom. The lowest BCUT2D eigenvalue weighted by molar-refractivity contribution is -0.140. The van der Waals surface area contributed by atoms with Crippen LogP contribution in [0.15, 0.2) is 29.9 Å². The summed E-state index contributed by atoms with van der Waals surface area (Å²) in [6, 6.07) is 2.42. The third-order valence-electron chi connectivity index (χ3n) is 7.49. The van der Waals surface area contributed by atoms with Gasteiger partial charge in [0, 0.05) is 93.4 Å². The van der Waals surface area contributed by atoms with E-state index in [1.807, 2.05) is 0 Å². The number of carbonyl (C=O) groups is 2. The number of nitrogens with zero attached hydrogens (tertiary/aromatic N) is 5. The summed E-state index contributed by atoms with van der Waals surface area (Å²) in [4.78, 5) is 42.4. The molecule has 3 aromatic rings. The first kappa shape index (κ1) is 34.4. The molecule has 17 heteroatoms. The minimum Gasteiger partial charge on any atom is -0.476 e. The maximum atomic E-state index is 13.6. The van der Waals surface area contributed by atoms with Gasteiger partial charge in [-0.05, 0) is 19.1 Å². The number of anilines is 1. The maximum absolute atomic E-state index is 13.6. The number of rotatable bonds is 12. The van der Waals surface area contributed by atoms with Gasteiger partial charge in [-0.3, -0.25) is 15.1 Å². The number of hydrogen-bond acceptors (Lipinski definition) is 12. The largest absolute Gasteiger partial charge is 0.476 e. The molecule has 2 saturated heterocycles. The molecule has 2 fully saturated rings. The number of hydrogen-bond donors (Lipinski definition) is 3. The summed E-state index contributed by atoms with van der Waals surface area (Å²) in [5, 5.41) is 9.39. The van der Waals surface area contributed by atoms with Gasteiger partial charge in [-0.25, -0.2) is 24.5 Å². The number of amides is 2. The molecule has 0 atom stereocenters. The fourth-order valence-electron chi connectivity index (χ4n) is 5.02. The van der Waals surface area contributed by atoms with Gasteiger partial charge in [0.1, 0.15) is 24.0 Å². The molecule has 0 saturated carbocycles. The van der Waals surface area contributed by atoms with E-state index in [2.05, 4.69) is 40.7 Å². The van der Waals surface area contributed by atoms with Crippen LogP contribution in [-0.2, 0) is 15.7 Å². The first-order valence-electron chi connectivity index (χ1n) is 15.3. The molecule has 2 amide bonds. The standard InChI is InChI=1S/C30H37F3N8O5S/c1-2-35-29(43)39-25-16-22(27-38-24(19-47-27)30(31,32)33)23(18-36-25)21-15-20(28(42)46-14-10-40-5-3-34-4-6-40)17-37-26(21)45-13-9-41-7-11-44-12-8-41/h15-19,34H,2-14H2,1H3,(H2,35,36,39,43). The van der Waals surface area contributed by atoms with Crippen molar-refractivity contribution < 1.29 is 37.0 Å². The second kappa shape index (κ2) is 16.3. The van der Waals surface area contributed by atoms with E-state index in [1.165, 1.54) is 24.5 Å². The summed E-state index contributed by atoms with van der Waals surface area (Å²) in [7, 11) is 0. The van der Waals surface area contributed by atoms with Gasteiger partial charge in [0.15, 0.2) is 5.69 Å². The van der Waals surface area contributed by atoms with Crippen LogP contribution in [0.1, 0.15) is 23.0 Å². The van der Waals surface area contributed by atoms with Crippen molar-refractivity contribution in [3.8, 4) is 27.6 Å². The van der Waals surface area contributed by atoms with Crippen LogP contribution in [0.4, 0.5) is 23.8 Å². The molecule has 2 aliphatic heterocycles. The van der Waals surface area contributed by atoms with Gasteiger partial charge >= 0.3 is 18.2 Å². The van der Waals surface area contributed by atoms with E-state index in [1.54, 1.807) is 6.92 Å². The van der Waals surface area contributed by atoms with E-state index in [0.717, 1.165) is 56.0 Å². The topological polar surface area (TPSA) is 143 Å². The second-order valence-electron chi connectivity index (χ2n) is 10.7. The van der Waals surface area contributed by atoms with Crippen molar-refractivity contribution in [1.29, 1.82) is 0 Å². The van der Waals surface area contributed by atoms with Crippen LogP contribution in [0.2, 0.25) is 0 Å². The van der Waals surface area contributed by atoms with Crippen LogP contribution in [0.3, 0.4) is 0 Å². The fourth-order valence-corrected chi connectivity index (χ4v) is 5.87. The van der Waals surface area contributed by atoms with Gasteiger partial charge in [-0.15, -0.1) is 11.3 Å². The zero-order valence-electron chi connectivity index (χ0n) is 25.9. The Balaban J connectivity index is 1.47. The van der Waals surface area contributed by atoms with Crippen LogP contribution in [0, 0.1) is 0 Å². The van der Waals surface area contributed by atoms with Crippen molar-refractivity contribution in [2.75, 3.05) is 90.6 Å². The molecule has 0 radical (unpaired) electrons. The molecule has 254 valence electrons. The molecule has 0 unspecified atom stereocenters. The maximum Gasteiger partial charge on any atom is 0.434 e. The number of esters is 1. The van der Waals surface area contributed by atoms with Crippen LogP contribution >= 0.6 is 11.3 Å². The summed E-state index contributed by atoms with van der Waals surface area (Å²) in [6.07, 6.45) is -1.92. The van der Waals surface area contributed by atoms with Crippen molar-refractivity contribution in [3.05, 3.63) is 41.2 Å². The number of pyridine rings is 2. The SMILES string of the molecule is CCNC(=O)Nc1cc(-c2nc(C(F)(F)F)cs2)c(-c2cc(C(=O)OCCN3CCNCC3)cnc2OCCN2CCOCC2)cn1. The van der Waals surface area contributed by atoms with Crippen molar-refractivity contribution in [2.45, 2.75) is 13.1 Å². The molecule has 0 aliphatic carbocycles. The lowest BCUT2D eigenvalue weighted by atomic mass is 10.0. The third kappa shape index (κ3) is 9.57. The Kier molecular flexibility index (Phi) is 11.9. The monoisotopic (exact) mass is 678 g/mol. The molecule has 0 spiro atoms. The number of morpholine rings is 1. The molecule has 5 rings (SSSR count). The predicted molar refractivity (Wildman–Crippen MR) is 169 cm³/mol. The van der Waals surface area contributed by atoms with E-state index in [9.17, 15) is 22.8 Å². The van der Waals surface area contributed by atoms with E-state index < -0.39 is 23.9 Å². The Morgan fingerprint density at radius 3 is 2.47 bits per heavy atom. The van der Waals surface area contributed by atoms with E-state index in [-0.39, 0.29) is 41.0 Å². The molecule has 3 aromatic heterocycles. The minimum absolute atomic E-state index is 0.0249. The highest BCUT2D eigenvalue weighted by molar-refractivity contribution is 7.13. The first-order chi connectivity index (χ1) is 22.7. The Morgan fingerprint density at radius 2 is 1.74 bits per heavy atom. The zero-order valence-corrected chi connectivity index (χ0v) is 26.7. The summed E-state index contributed by atoms with van der Waals surface area (Å²) in [5.41, 5.74) is -0.0820. The molecule has 3 N–H and O–H groups in total. The number of alkyl halides is 3. The van der Waals surface area contributed by atoms with Crippen LogP contribution < -0.4 is 20.7 Å². The van der Waals surface area contributed by atoms with Crippen LogP contribution in [-0.4, -0.2) is 122 Å². The highest BCUT2D eigenvalue weighted by atomic mass is 32.1. The highest BCUT2D eigenvalue weighted by Gasteiger charge is 2.34. The number of thiazole rings is 1. The number of nitrogens with one attached hydrogen (secondary N) is 3. The lowest BCUT2D eigenvalue weighted by Crippen LogP contribution is -2.44. The van der Waals surface area contributed by atoms with E-state index in [0.29, 0.717) is 44.0 Å². The minimum atomic E-state index is -4.66. The van der Waals surface area contributed by atoms with Gasteiger partial charge in [0.2, 0.25) is 5.88 Å². The average Bonchev–Trinajstić information content (AvgIpc) is 3.58. The second-order valence-corrected chi connectivity index (χ2v) is 11.6. The number of carbonyl (C=O) groups excluding carboxylic acids is 2. The third-order valence-corrected chi connectivity index (χ3v) is 8.36. The van der Waals surface area contributed by atoms with E-state index >= 15 is 0 Å². The van der Waals surface area contributed by atoms with Crippen molar-refractivity contribution in [2.24, 2.45) is 0 Å². The Bertz CT molecular complexity index is 1510. The molecule has 47 heavy (non-hydrogen) atoms. The first-order valence-corrected chi connectivity index (χ1v) is 16.2. The molecule has 0 bridgehead atoms. The fraction of sp³-hybridized carbons (Fsp3) is 0.500. The molecular formula is C30H37F3N8O5S. The number of aromatic nitrogens is 3. The summed E-state index contributed by atoms with van der Waals surface area (Å²) in [6.45, 7) is 9.88. The van der Waals surface area contributed by atoms with Gasteiger partial charge in [0.05, 0.1) is 18.8 Å². The van der Waals surface area contributed by atoms with Gasteiger partial charge < -0.3 is 24.8 Å². The number of halogens is 3. The lowest BCUT2D eigenvalue weighted by Gasteiger charge is -2.26. The van der Waals surface area contributed by atoms with Crippen molar-refractivity contribution >= 4 is 29.2 Å². The summed E-state index contributed by atoms with van der Waals surface area (Å²) < 4.78 is 57.8. The highest BCUT2D eigenvalue weighted by Crippen LogP contribution is 2.41. The van der Waals surface area contributed by atoms with Crippen molar-refractivity contribution in [3.63, 3.8) is 0 Å². The van der Waals surface area contributed by atoms with Crippen LogP contribution in [0.25, 0.3) is 21.7 Å². The van der Waals surface area contributed by atoms with Crippen LogP contribution in [0.5, 0.6) is 5.88 Å². The van der Waals surface area contributed by atoms with E-state index in [4.69, 9.17) is 14.2 Å². The Labute approximate surface area is 273 Å². The molecule has 2 aliphatic rings. The van der Waals surface area contributed by atoms with Gasteiger partial charge in [-0.1, -0.05) is 0 Å². The molecule has 13 nitrogen and oxygen atoms in total. The molecular weight excluding hydrogens is 641 g/mol. The molecule has 0 aromatic carbocycles. The quantitative estimate of drug-likeness (QED) is 0.243. The number of ether oxygens (including phenoxy) is 3. The number of piperazine rings is 1. The van der Waals surface area contributed by atoms with Crippen molar-refractivity contribution in [1.82, 2.24) is 35.4 Å². The number of urea groups is 1. The van der Waals surface area contributed by atoms with Gasteiger partial charge in [0.25, 0.3) is 0 Å². The molecule has 5 heterocycles. The predicted octanol–water partition coefficient (Wildman–Crippen LogP) is 3.20. The summed E-state index contributed by atoms with van der Waals surface area (Å²) in [5.74, 6) is -0.369. The average molecular weight is 679 g/mol. The van der Waals surface area contributed by atoms with Gasteiger partial charge in [-0.2, -0.15) is 13.2 Å². The summed E-state index contributed by atoms with van der Waals surface area (Å²) >= 11 is 0.786.